The molecule has 3 atom stereocenters. The van der Waals surface area contributed by atoms with E-state index in [-0.39, 0.29) is 18.1 Å². The standard InChI is InChI=1S/C15H28N2O2/c1-4-13-15(18)17(14(16-13)11(2)3)9-8-12-7-5-6-10-19-12/h11-14,16H,4-10H2,1-3H3. The molecule has 0 aliphatic carbocycles. The Labute approximate surface area is 116 Å². The third-order valence-corrected chi connectivity index (χ3v) is 4.29. The minimum atomic E-state index is 0.0136. The molecule has 1 amide bonds. The molecule has 1 N–H and O–H groups in total. The van der Waals surface area contributed by atoms with Crippen molar-refractivity contribution in [2.24, 2.45) is 5.92 Å². The Morgan fingerprint density at radius 2 is 2.21 bits per heavy atom. The molecule has 0 aromatic rings. The summed E-state index contributed by atoms with van der Waals surface area (Å²) in [5.74, 6) is 0.727. The summed E-state index contributed by atoms with van der Waals surface area (Å²) in [5, 5.41) is 3.46. The number of nitrogens with zero attached hydrogens (tertiary/aromatic N) is 1. The van der Waals surface area contributed by atoms with Crippen LogP contribution >= 0.6 is 0 Å². The van der Waals surface area contributed by atoms with Crippen molar-refractivity contribution in [3.05, 3.63) is 0 Å². The number of hydrogen-bond donors (Lipinski definition) is 1. The number of carbonyl (C=O) groups is 1. The molecule has 2 aliphatic heterocycles. The maximum Gasteiger partial charge on any atom is 0.241 e. The highest BCUT2D eigenvalue weighted by atomic mass is 16.5. The summed E-state index contributed by atoms with van der Waals surface area (Å²) >= 11 is 0. The van der Waals surface area contributed by atoms with Gasteiger partial charge in [0, 0.05) is 13.2 Å². The van der Waals surface area contributed by atoms with Crippen LogP contribution < -0.4 is 5.32 Å². The molecule has 0 aromatic heterocycles. The third-order valence-electron chi connectivity index (χ3n) is 4.29. The molecule has 110 valence electrons. The van der Waals surface area contributed by atoms with Gasteiger partial charge in [0.1, 0.15) is 0 Å². The molecular formula is C15H28N2O2. The first-order valence-electron chi connectivity index (χ1n) is 7.81. The normalized spacial score (nSPS) is 32.3. The van der Waals surface area contributed by atoms with Gasteiger partial charge in [0.25, 0.3) is 0 Å². The lowest BCUT2D eigenvalue weighted by Crippen LogP contribution is -2.43. The first-order chi connectivity index (χ1) is 9.13. The molecule has 0 saturated carbocycles. The molecule has 0 spiro atoms. The molecule has 0 radical (unpaired) electrons. The first kappa shape index (κ1) is 14.8. The topological polar surface area (TPSA) is 41.6 Å². The zero-order valence-corrected chi connectivity index (χ0v) is 12.5. The van der Waals surface area contributed by atoms with Crippen LogP contribution in [-0.4, -0.2) is 42.3 Å². The molecule has 2 saturated heterocycles. The molecule has 2 aliphatic rings. The molecule has 0 aromatic carbocycles. The molecule has 4 heteroatoms. The minimum Gasteiger partial charge on any atom is -0.378 e. The van der Waals surface area contributed by atoms with Crippen molar-refractivity contribution >= 4 is 5.91 Å². The zero-order chi connectivity index (χ0) is 13.8. The average molecular weight is 268 g/mol. The molecule has 2 heterocycles. The number of nitrogens with one attached hydrogen (secondary N) is 1. The molecule has 0 bridgehead atoms. The van der Waals surface area contributed by atoms with Crippen LogP contribution in [0.3, 0.4) is 0 Å². The Morgan fingerprint density at radius 3 is 2.79 bits per heavy atom. The van der Waals surface area contributed by atoms with E-state index < -0.39 is 0 Å². The van der Waals surface area contributed by atoms with Gasteiger partial charge in [-0.2, -0.15) is 0 Å². The van der Waals surface area contributed by atoms with E-state index in [1.54, 1.807) is 0 Å². The minimum absolute atomic E-state index is 0.0136. The Morgan fingerprint density at radius 1 is 1.42 bits per heavy atom. The van der Waals surface area contributed by atoms with E-state index in [1.165, 1.54) is 12.8 Å². The van der Waals surface area contributed by atoms with E-state index >= 15 is 0 Å². The summed E-state index contributed by atoms with van der Waals surface area (Å²) in [6.07, 6.45) is 6.01. The van der Waals surface area contributed by atoms with Crippen molar-refractivity contribution in [1.29, 1.82) is 0 Å². The summed E-state index contributed by atoms with van der Waals surface area (Å²) in [4.78, 5) is 14.4. The number of carbonyl (C=O) groups excluding carboxylic acids is 1. The zero-order valence-electron chi connectivity index (χ0n) is 12.5. The number of ether oxygens (including phenoxy) is 1. The third kappa shape index (κ3) is 3.48. The summed E-state index contributed by atoms with van der Waals surface area (Å²) in [6.45, 7) is 8.14. The lowest BCUT2D eigenvalue weighted by Gasteiger charge is -2.30. The molecule has 2 rings (SSSR count). The highest BCUT2D eigenvalue weighted by Crippen LogP contribution is 2.22. The Balaban J connectivity index is 1.90. The predicted molar refractivity (Wildman–Crippen MR) is 75.8 cm³/mol. The van der Waals surface area contributed by atoms with Crippen LogP contribution in [0.25, 0.3) is 0 Å². The quantitative estimate of drug-likeness (QED) is 0.830. The Kier molecular flexibility index (Phi) is 5.22. The van der Waals surface area contributed by atoms with Gasteiger partial charge in [0.15, 0.2) is 0 Å². The van der Waals surface area contributed by atoms with E-state index in [1.807, 2.05) is 4.90 Å². The first-order valence-corrected chi connectivity index (χ1v) is 7.81. The smallest absolute Gasteiger partial charge is 0.241 e. The molecule has 4 nitrogen and oxygen atoms in total. The average Bonchev–Trinajstić information content (AvgIpc) is 2.74. The van der Waals surface area contributed by atoms with Gasteiger partial charge in [0.05, 0.1) is 18.3 Å². The van der Waals surface area contributed by atoms with Crippen molar-refractivity contribution in [3.8, 4) is 0 Å². The van der Waals surface area contributed by atoms with Crippen molar-refractivity contribution in [2.45, 2.75) is 71.2 Å². The van der Waals surface area contributed by atoms with Gasteiger partial charge in [-0.3, -0.25) is 10.1 Å². The largest absolute Gasteiger partial charge is 0.378 e. The van der Waals surface area contributed by atoms with E-state index in [2.05, 4.69) is 26.1 Å². The second-order valence-electron chi connectivity index (χ2n) is 6.13. The Hall–Kier alpha value is -0.610. The molecule has 3 unspecified atom stereocenters. The van der Waals surface area contributed by atoms with Gasteiger partial charge >= 0.3 is 0 Å². The second kappa shape index (κ2) is 6.71. The number of rotatable bonds is 5. The van der Waals surface area contributed by atoms with Crippen LogP contribution in [0.1, 0.15) is 52.9 Å². The second-order valence-corrected chi connectivity index (χ2v) is 6.13. The van der Waals surface area contributed by atoms with E-state index in [0.717, 1.165) is 32.4 Å². The fraction of sp³-hybridized carbons (Fsp3) is 0.933. The van der Waals surface area contributed by atoms with Crippen molar-refractivity contribution in [2.75, 3.05) is 13.2 Å². The maximum atomic E-state index is 12.3. The van der Waals surface area contributed by atoms with E-state index in [0.29, 0.717) is 12.0 Å². The summed E-state index contributed by atoms with van der Waals surface area (Å²) in [6, 6.07) is 0.0136. The van der Waals surface area contributed by atoms with Crippen LogP contribution in [-0.2, 0) is 9.53 Å². The summed E-state index contributed by atoms with van der Waals surface area (Å²) in [5.41, 5.74) is 0. The highest BCUT2D eigenvalue weighted by molar-refractivity contribution is 5.84. The van der Waals surface area contributed by atoms with Gasteiger partial charge in [-0.1, -0.05) is 20.8 Å². The fourth-order valence-corrected chi connectivity index (χ4v) is 3.12. The molecular weight excluding hydrogens is 240 g/mol. The number of hydrogen-bond acceptors (Lipinski definition) is 3. The SMILES string of the molecule is CCC1NC(C(C)C)N(CCC2CCCCO2)C1=O. The van der Waals surface area contributed by atoms with E-state index in [9.17, 15) is 4.79 Å². The maximum absolute atomic E-state index is 12.3. The van der Waals surface area contributed by atoms with Gasteiger partial charge in [-0.05, 0) is 38.0 Å². The van der Waals surface area contributed by atoms with Gasteiger partial charge < -0.3 is 9.64 Å². The lowest BCUT2D eigenvalue weighted by molar-refractivity contribution is -0.131. The van der Waals surface area contributed by atoms with Crippen molar-refractivity contribution < 1.29 is 9.53 Å². The molecule has 19 heavy (non-hydrogen) atoms. The fourth-order valence-electron chi connectivity index (χ4n) is 3.12. The Bertz CT molecular complexity index is 301. The van der Waals surface area contributed by atoms with Crippen LogP contribution in [0.4, 0.5) is 0 Å². The molecule has 2 fully saturated rings. The van der Waals surface area contributed by atoms with Crippen LogP contribution in [0.5, 0.6) is 0 Å². The van der Waals surface area contributed by atoms with Crippen LogP contribution in [0.15, 0.2) is 0 Å². The summed E-state index contributed by atoms with van der Waals surface area (Å²) in [7, 11) is 0. The van der Waals surface area contributed by atoms with Gasteiger partial charge in [-0.25, -0.2) is 0 Å². The number of amides is 1. The highest BCUT2D eigenvalue weighted by Gasteiger charge is 2.39. The summed E-state index contributed by atoms with van der Waals surface area (Å²) < 4.78 is 5.76. The lowest BCUT2D eigenvalue weighted by atomic mass is 10.1. The van der Waals surface area contributed by atoms with Crippen LogP contribution in [0.2, 0.25) is 0 Å². The van der Waals surface area contributed by atoms with Crippen molar-refractivity contribution in [3.63, 3.8) is 0 Å². The van der Waals surface area contributed by atoms with Gasteiger partial charge in [0.2, 0.25) is 5.91 Å². The predicted octanol–water partition coefficient (Wildman–Crippen LogP) is 2.14. The monoisotopic (exact) mass is 268 g/mol. The van der Waals surface area contributed by atoms with Crippen molar-refractivity contribution in [1.82, 2.24) is 10.2 Å². The van der Waals surface area contributed by atoms with Gasteiger partial charge in [-0.15, -0.1) is 0 Å². The van der Waals surface area contributed by atoms with E-state index in [4.69, 9.17) is 4.74 Å². The van der Waals surface area contributed by atoms with Crippen LogP contribution in [0, 0.1) is 5.92 Å².